The number of carbonyl (C=O) groups is 1. The molecule has 0 bridgehead atoms. The van der Waals surface area contributed by atoms with E-state index in [9.17, 15) is 4.79 Å². The first-order valence-electron chi connectivity index (χ1n) is 7.69. The first-order chi connectivity index (χ1) is 9.15. The molecule has 1 aliphatic rings. The number of hydrogen-bond acceptors (Lipinski definition) is 3. The van der Waals surface area contributed by atoms with Crippen LogP contribution in [0.2, 0.25) is 18.1 Å². The highest BCUT2D eigenvalue weighted by Gasteiger charge is 2.39. The minimum Gasteiger partial charge on any atom is -0.463 e. The van der Waals surface area contributed by atoms with Crippen molar-refractivity contribution in [2.75, 3.05) is 6.61 Å². The SMILES string of the molecule is CCOC(=O)/C=C1\CCCC(O[Si](C)(C)C(C)(C)C)C1. The van der Waals surface area contributed by atoms with Crippen LogP contribution in [0, 0.1) is 0 Å². The van der Waals surface area contributed by atoms with Gasteiger partial charge in [-0.2, -0.15) is 0 Å². The lowest BCUT2D eigenvalue weighted by Crippen LogP contribution is -2.44. The van der Waals surface area contributed by atoms with Crippen molar-refractivity contribution < 1.29 is 14.0 Å². The second kappa shape index (κ2) is 6.90. The summed E-state index contributed by atoms with van der Waals surface area (Å²) in [5.74, 6) is -0.213. The Bertz CT molecular complexity index is 366. The summed E-state index contributed by atoms with van der Waals surface area (Å²) in [7, 11) is -1.72. The van der Waals surface area contributed by atoms with E-state index in [-0.39, 0.29) is 17.1 Å². The summed E-state index contributed by atoms with van der Waals surface area (Å²) in [5.41, 5.74) is 1.18. The largest absolute Gasteiger partial charge is 0.463 e. The summed E-state index contributed by atoms with van der Waals surface area (Å²) in [4.78, 5) is 11.5. The van der Waals surface area contributed by atoms with Crippen LogP contribution in [0.5, 0.6) is 0 Å². The van der Waals surface area contributed by atoms with Crippen molar-refractivity contribution in [1.29, 1.82) is 0 Å². The minimum absolute atomic E-state index is 0.213. The second-order valence-corrected chi connectivity index (χ2v) is 11.9. The quantitative estimate of drug-likeness (QED) is 0.437. The Morgan fingerprint density at radius 3 is 2.60 bits per heavy atom. The molecule has 0 radical (unpaired) electrons. The fourth-order valence-corrected chi connectivity index (χ4v) is 3.62. The Morgan fingerprint density at radius 1 is 1.40 bits per heavy atom. The maximum Gasteiger partial charge on any atom is 0.330 e. The van der Waals surface area contributed by atoms with Gasteiger partial charge in [-0.05, 0) is 50.7 Å². The summed E-state index contributed by atoms with van der Waals surface area (Å²) < 4.78 is 11.4. The number of carbonyl (C=O) groups excluding carboxylic acids is 1. The second-order valence-electron chi connectivity index (χ2n) is 7.15. The van der Waals surface area contributed by atoms with E-state index in [1.807, 2.05) is 6.92 Å². The third-order valence-electron chi connectivity index (χ3n) is 4.39. The van der Waals surface area contributed by atoms with E-state index in [4.69, 9.17) is 9.16 Å². The van der Waals surface area contributed by atoms with E-state index >= 15 is 0 Å². The lowest BCUT2D eigenvalue weighted by Gasteiger charge is -2.40. The van der Waals surface area contributed by atoms with Crippen LogP contribution in [0.3, 0.4) is 0 Å². The molecule has 0 saturated heterocycles. The van der Waals surface area contributed by atoms with Crippen LogP contribution in [0.25, 0.3) is 0 Å². The van der Waals surface area contributed by atoms with Gasteiger partial charge in [-0.15, -0.1) is 0 Å². The van der Waals surface area contributed by atoms with Gasteiger partial charge < -0.3 is 9.16 Å². The van der Waals surface area contributed by atoms with Gasteiger partial charge in [-0.25, -0.2) is 4.79 Å². The molecule has 1 unspecified atom stereocenters. The molecule has 20 heavy (non-hydrogen) atoms. The van der Waals surface area contributed by atoms with Crippen molar-refractivity contribution in [3.8, 4) is 0 Å². The fraction of sp³-hybridized carbons (Fsp3) is 0.812. The van der Waals surface area contributed by atoms with Crippen molar-refractivity contribution in [3.05, 3.63) is 11.6 Å². The summed E-state index contributed by atoms with van der Waals surface area (Å²) >= 11 is 0. The predicted octanol–water partition coefficient (Wildman–Crippen LogP) is 4.44. The summed E-state index contributed by atoms with van der Waals surface area (Å²) in [6.45, 7) is 13.6. The van der Waals surface area contributed by atoms with Gasteiger partial charge in [-0.3, -0.25) is 0 Å². The maximum atomic E-state index is 11.5. The smallest absolute Gasteiger partial charge is 0.330 e. The molecule has 116 valence electrons. The highest BCUT2D eigenvalue weighted by molar-refractivity contribution is 6.74. The van der Waals surface area contributed by atoms with Gasteiger partial charge in [0.25, 0.3) is 0 Å². The molecular weight excluding hydrogens is 268 g/mol. The molecule has 0 amide bonds. The Hall–Kier alpha value is -0.613. The van der Waals surface area contributed by atoms with Crippen molar-refractivity contribution in [2.45, 2.75) is 77.6 Å². The zero-order chi connectivity index (χ0) is 15.4. The molecular formula is C16H30O3Si. The third-order valence-corrected chi connectivity index (χ3v) is 8.92. The maximum absolute atomic E-state index is 11.5. The average Bonchev–Trinajstić information content (AvgIpc) is 2.27. The van der Waals surface area contributed by atoms with Crippen molar-refractivity contribution in [3.63, 3.8) is 0 Å². The summed E-state index contributed by atoms with van der Waals surface area (Å²) in [6, 6.07) is 0. The first kappa shape index (κ1) is 17.4. The Labute approximate surface area is 124 Å². The molecule has 0 aliphatic heterocycles. The van der Waals surface area contributed by atoms with Crippen LogP contribution in [0.1, 0.15) is 53.4 Å². The van der Waals surface area contributed by atoms with Crippen LogP contribution in [0.15, 0.2) is 11.6 Å². The molecule has 0 spiro atoms. The molecule has 1 atom stereocenters. The number of rotatable bonds is 4. The third kappa shape index (κ3) is 5.06. The highest BCUT2D eigenvalue weighted by atomic mass is 28.4. The summed E-state index contributed by atoms with van der Waals surface area (Å²) in [6.07, 6.45) is 6.02. The molecule has 0 aromatic rings. The molecule has 1 saturated carbocycles. The zero-order valence-electron chi connectivity index (χ0n) is 13.9. The van der Waals surface area contributed by atoms with Crippen molar-refractivity contribution in [2.24, 2.45) is 0 Å². The van der Waals surface area contributed by atoms with Crippen LogP contribution < -0.4 is 0 Å². The van der Waals surface area contributed by atoms with E-state index in [1.165, 1.54) is 5.57 Å². The fourth-order valence-electron chi connectivity index (χ4n) is 2.23. The van der Waals surface area contributed by atoms with Gasteiger partial charge in [0.05, 0.1) is 6.61 Å². The molecule has 1 fully saturated rings. The molecule has 0 N–H and O–H groups in total. The Morgan fingerprint density at radius 2 is 2.05 bits per heavy atom. The molecule has 0 aromatic heterocycles. The zero-order valence-corrected chi connectivity index (χ0v) is 14.9. The van der Waals surface area contributed by atoms with Gasteiger partial charge in [0.2, 0.25) is 0 Å². The summed E-state index contributed by atoms with van der Waals surface area (Å²) in [5, 5.41) is 0.232. The van der Waals surface area contributed by atoms with E-state index in [0.717, 1.165) is 25.7 Å². The minimum atomic E-state index is -1.72. The number of ether oxygens (including phenoxy) is 1. The van der Waals surface area contributed by atoms with E-state index in [2.05, 4.69) is 33.9 Å². The predicted molar refractivity (Wildman–Crippen MR) is 85.3 cm³/mol. The van der Waals surface area contributed by atoms with Gasteiger partial charge >= 0.3 is 5.97 Å². The van der Waals surface area contributed by atoms with Gasteiger partial charge in [-0.1, -0.05) is 26.3 Å². The van der Waals surface area contributed by atoms with Gasteiger partial charge in [0.1, 0.15) is 0 Å². The van der Waals surface area contributed by atoms with E-state index in [0.29, 0.717) is 6.61 Å². The molecule has 0 aromatic carbocycles. The van der Waals surface area contributed by atoms with Crippen molar-refractivity contribution in [1.82, 2.24) is 0 Å². The van der Waals surface area contributed by atoms with E-state index < -0.39 is 8.32 Å². The Balaban J connectivity index is 2.64. The molecule has 4 heteroatoms. The van der Waals surface area contributed by atoms with Gasteiger partial charge in [0, 0.05) is 12.2 Å². The average molecular weight is 298 g/mol. The topological polar surface area (TPSA) is 35.5 Å². The Kier molecular flexibility index (Phi) is 6.01. The van der Waals surface area contributed by atoms with Crippen LogP contribution >= 0.6 is 0 Å². The van der Waals surface area contributed by atoms with Crippen LogP contribution in [-0.4, -0.2) is 27.0 Å². The highest BCUT2D eigenvalue weighted by Crippen LogP contribution is 2.39. The first-order valence-corrected chi connectivity index (χ1v) is 10.6. The molecule has 1 rings (SSSR count). The number of esters is 1. The standard InChI is InChI=1S/C16H30O3Si/c1-7-18-15(17)12-13-9-8-10-14(11-13)19-20(5,6)16(2,3)4/h12,14H,7-11H2,1-6H3/b13-12+. The number of hydrogen-bond donors (Lipinski definition) is 0. The molecule has 0 heterocycles. The van der Waals surface area contributed by atoms with Crippen molar-refractivity contribution >= 4 is 14.3 Å². The lowest BCUT2D eigenvalue weighted by atomic mass is 9.92. The lowest BCUT2D eigenvalue weighted by molar-refractivity contribution is -0.137. The molecule has 3 nitrogen and oxygen atoms in total. The normalized spacial score (nSPS) is 22.9. The van der Waals surface area contributed by atoms with Crippen LogP contribution in [0.4, 0.5) is 0 Å². The monoisotopic (exact) mass is 298 g/mol. The molecule has 1 aliphatic carbocycles. The van der Waals surface area contributed by atoms with Crippen LogP contribution in [-0.2, 0) is 14.0 Å². The van der Waals surface area contributed by atoms with E-state index in [1.54, 1.807) is 6.08 Å². The van der Waals surface area contributed by atoms with Gasteiger partial charge in [0.15, 0.2) is 8.32 Å².